The van der Waals surface area contributed by atoms with E-state index in [4.69, 9.17) is 0 Å². The smallest absolute Gasteiger partial charge is 0.310 e. The van der Waals surface area contributed by atoms with E-state index in [1.54, 1.807) is 0 Å². The van der Waals surface area contributed by atoms with Gasteiger partial charge < -0.3 is 5.11 Å². The lowest BCUT2D eigenvalue weighted by molar-refractivity contribution is -0.140. The Morgan fingerprint density at radius 3 is 1.58 bits per heavy atom. The van der Waals surface area contributed by atoms with Gasteiger partial charge in [-0.2, -0.15) is 0 Å². The highest BCUT2D eigenvalue weighted by Gasteiger charge is 2.12. The third-order valence-corrected chi connectivity index (χ3v) is 5.28. The lowest BCUT2D eigenvalue weighted by Crippen LogP contribution is -2.10. The first-order chi connectivity index (χ1) is 12.7. The molecule has 0 saturated carbocycles. The van der Waals surface area contributed by atoms with Crippen LogP contribution in [0.2, 0.25) is 0 Å². The van der Waals surface area contributed by atoms with E-state index in [2.05, 4.69) is 19.9 Å². The molecule has 0 amide bonds. The maximum atomic E-state index is 11.4. The van der Waals surface area contributed by atoms with Gasteiger partial charge in [0, 0.05) is 0 Å². The summed E-state index contributed by atoms with van der Waals surface area (Å²) in [6, 6.07) is 0. The first-order valence-corrected chi connectivity index (χ1v) is 11.6. The maximum Gasteiger partial charge on any atom is 0.310 e. The largest absolute Gasteiger partial charge is 0.481 e. The molecule has 26 heavy (non-hydrogen) atoms. The zero-order valence-corrected chi connectivity index (χ0v) is 17.8. The normalized spacial score (nSPS) is 12.7. The average Bonchev–Trinajstić information content (AvgIpc) is 2.63. The third-order valence-electron chi connectivity index (χ3n) is 5.28. The first-order valence-electron chi connectivity index (χ1n) is 11.6. The van der Waals surface area contributed by atoms with Crippen molar-refractivity contribution in [2.24, 2.45) is 5.92 Å². The van der Waals surface area contributed by atoms with Crippen molar-refractivity contribution in [2.75, 3.05) is 0 Å². The van der Waals surface area contributed by atoms with Crippen LogP contribution in [0.4, 0.5) is 0 Å². The Morgan fingerprint density at radius 1 is 0.692 bits per heavy atom. The van der Waals surface area contributed by atoms with Crippen LogP contribution in [-0.4, -0.2) is 11.1 Å². The van der Waals surface area contributed by atoms with Gasteiger partial charge in [-0.25, -0.2) is 0 Å². The van der Waals surface area contributed by atoms with E-state index >= 15 is 0 Å². The van der Waals surface area contributed by atoms with Crippen LogP contribution in [0.5, 0.6) is 0 Å². The van der Waals surface area contributed by atoms with Gasteiger partial charge in [-0.05, 0) is 19.3 Å². The lowest BCUT2D eigenvalue weighted by Gasteiger charge is -2.07. The molecule has 1 atom stereocenters. The fourth-order valence-corrected chi connectivity index (χ4v) is 3.46. The summed E-state index contributed by atoms with van der Waals surface area (Å²) in [4.78, 5) is 11.4. The molecule has 0 fully saturated rings. The van der Waals surface area contributed by atoms with Gasteiger partial charge in [-0.1, -0.05) is 122 Å². The Labute approximate surface area is 163 Å². The molecule has 0 aromatic heterocycles. The standard InChI is InChI=1S/C24H46O2/c1-3-5-7-9-11-13-14-16-18-20-22-23(24(25)26)21-19-17-15-12-10-8-6-4-2/h19,21,23H,3-18,20,22H2,1-2H3,(H,25,26)/b21-19+/t23-/m0/s1. The first kappa shape index (κ1) is 25.2. The molecule has 0 aliphatic carbocycles. The second-order valence-electron chi connectivity index (χ2n) is 7.90. The minimum absolute atomic E-state index is 0.274. The summed E-state index contributed by atoms with van der Waals surface area (Å²) in [5.41, 5.74) is 0. The van der Waals surface area contributed by atoms with E-state index in [0.717, 1.165) is 19.3 Å². The van der Waals surface area contributed by atoms with Crippen LogP contribution in [0.15, 0.2) is 12.2 Å². The minimum Gasteiger partial charge on any atom is -0.481 e. The number of unbranched alkanes of at least 4 members (excludes halogenated alkanes) is 15. The number of allylic oxidation sites excluding steroid dienone is 1. The van der Waals surface area contributed by atoms with Crippen molar-refractivity contribution in [1.82, 2.24) is 0 Å². The van der Waals surface area contributed by atoms with Gasteiger partial charge in [-0.15, -0.1) is 0 Å². The summed E-state index contributed by atoms with van der Waals surface area (Å²) in [6.07, 6.45) is 26.7. The molecular weight excluding hydrogens is 320 g/mol. The quantitative estimate of drug-likeness (QED) is 0.174. The highest BCUT2D eigenvalue weighted by molar-refractivity contribution is 5.72. The molecular formula is C24H46O2. The Hall–Kier alpha value is -0.790. The summed E-state index contributed by atoms with van der Waals surface area (Å²) in [5.74, 6) is -0.927. The molecule has 154 valence electrons. The number of hydrogen-bond donors (Lipinski definition) is 1. The Balaban J connectivity index is 3.58. The molecule has 0 rings (SSSR count). The van der Waals surface area contributed by atoms with Crippen LogP contribution in [-0.2, 0) is 4.79 Å². The van der Waals surface area contributed by atoms with E-state index < -0.39 is 5.97 Å². The molecule has 0 aliphatic rings. The second kappa shape index (κ2) is 20.5. The molecule has 0 aliphatic heterocycles. The van der Waals surface area contributed by atoms with Gasteiger partial charge >= 0.3 is 5.97 Å². The van der Waals surface area contributed by atoms with Crippen molar-refractivity contribution in [3.05, 3.63) is 12.2 Å². The Morgan fingerprint density at radius 2 is 1.12 bits per heavy atom. The zero-order chi connectivity index (χ0) is 19.3. The van der Waals surface area contributed by atoms with E-state index in [1.807, 2.05) is 6.08 Å². The van der Waals surface area contributed by atoms with E-state index in [0.29, 0.717) is 0 Å². The molecule has 2 nitrogen and oxygen atoms in total. The third kappa shape index (κ3) is 18.0. The van der Waals surface area contributed by atoms with Gasteiger partial charge in [0.2, 0.25) is 0 Å². The highest BCUT2D eigenvalue weighted by Crippen LogP contribution is 2.16. The van der Waals surface area contributed by atoms with Crippen molar-refractivity contribution >= 4 is 5.97 Å². The van der Waals surface area contributed by atoms with Crippen molar-refractivity contribution in [1.29, 1.82) is 0 Å². The number of rotatable bonds is 20. The molecule has 0 aromatic rings. The van der Waals surface area contributed by atoms with E-state index in [-0.39, 0.29) is 5.92 Å². The summed E-state index contributed by atoms with van der Waals surface area (Å²) in [6.45, 7) is 4.50. The minimum atomic E-state index is -0.653. The predicted molar refractivity (Wildman–Crippen MR) is 115 cm³/mol. The molecule has 0 spiro atoms. The van der Waals surface area contributed by atoms with E-state index in [1.165, 1.54) is 96.3 Å². The zero-order valence-electron chi connectivity index (χ0n) is 17.8. The molecule has 0 bridgehead atoms. The van der Waals surface area contributed by atoms with Gasteiger partial charge in [0.25, 0.3) is 0 Å². The highest BCUT2D eigenvalue weighted by atomic mass is 16.4. The molecule has 0 unspecified atom stereocenters. The van der Waals surface area contributed by atoms with Gasteiger partial charge in [0.1, 0.15) is 0 Å². The van der Waals surface area contributed by atoms with Gasteiger partial charge in [0.05, 0.1) is 5.92 Å². The van der Waals surface area contributed by atoms with Crippen LogP contribution in [0.25, 0.3) is 0 Å². The van der Waals surface area contributed by atoms with Crippen molar-refractivity contribution in [3.8, 4) is 0 Å². The average molecular weight is 367 g/mol. The summed E-state index contributed by atoms with van der Waals surface area (Å²) in [5, 5.41) is 9.37. The maximum absolute atomic E-state index is 11.4. The predicted octanol–water partition coefficient (Wildman–Crippen LogP) is 8.31. The summed E-state index contributed by atoms with van der Waals surface area (Å²) in [7, 11) is 0. The van der Waals surface area contributed by atoms with Gasteiger partial charge in [0.15, 0.2) is 0 Å². The van der Waals surface area contributed by atoms with Crippen LogP contribution in [0, 0.1) is 5.92 Å². The topological polar surface area (TPSA) is 37.3 Å². The number of aliphatic carboxylic acids is 1. The summed E-state index contributed by atoms with van der Waals surface area (Å²) >= 11 is 0. The molecule has 0 aromatic carbocycles. The molecule has 0 heterocycles. The van der Waals surface area contributed by atoms with Crippen molar-refractivity contribution < 1.29 is 9.90 Å². The van der Waals surface area contributed by atoms with Crippen LogP contribution in [0.3, 0.4) is 0 Å². The molecule has 2 heteroatoms. The molecule has 0 saturated heterocycles. The fourth-order valence-electron chi connectivity index (χ4n) is 3.46. The van der Waals surface area contributed by atoms with Crippen molar-refractivity contribution in [3.63, 3.8) is 0 Å². The van der Waals surface area contributed by atoms with E-state index in [9.17, 15) is 9.90 Å². The second-order valence-corrected chi connectivity index (χ2v) is 7.90. The summed E-state index contributed by atoms with van der Waals surface area (Å²) < 4.78 is 0. The SMILES string of the molecule is CCCCCCCC/C=C/[C@@H](CCCCCCCCCCCC)C(=O)O. The molecule has 1 N–H and O–H groups in total. The van der Waals surface area contributed by atoms with Crippen LogP contribution in [0.1, 0.15) is 129 Å². The number of carboxylic acid groups (broad SMARTS) is 1. The fraction of sp³-hybridized carbons (Fsp3) is 0.875. The Kier molecular flexibility index (Phi) is 19.9. The van der Waals surface area contributed by atoms with Crippen LogP contribution >= 0.6 is 0 Å². The Bertz CT molecular complexity index is 322. The number of carbonyl (C=O) groups is 1. The van der Waals surface area contributed by atoms with Gasteiger partial charge in [-0.3, -0.25) is 4.79 Å². The lowest BCUT2D eigenvalue weighted by atomic mass is 9.98. The van der Waals surface area contributed by atoms with Crippen LogP contribution < -0.4 is 0 Å². The van der Waals surface area contributed by atoms with Crippen molar-refractivity contribution in [2.45, 2.75) is 129 Å². The number of hydrogen-bond acceptors (Lipinski definition) is 1. The molecule has 0 radical (unpaired) electrons. The number of carboxylic acids is 1. The monoisotopic (exact) mass is 366 g/mol.